The van der Waals surface area contributed by atoms with Crippen molar-refractivity contribution in [1.82, 2.24) is 10.2 Å². The van der Waals surface area contributed by atoms with E-state index in [1.54, 1.807) is 0 Å². The van der Waals surface area contributed by atoms with Crippen LogP contribution in [0.1, 0.15) is 45.6 Å². The Morgan fingerprint density at radius 1 is 1.24 bits per heavy atom. The highest BCUT2D eigenvalue weighted by Gasteiger charge is 2.31. The Labute approximate surface area is 130 Å². The number of benzene rings is 1. The van der Waals surface area contributed by atoms with Crippen LogP contribution in [-0.2, 0) is 5.41 Å². The third-order valence-corrected chi connectivity index (χ3v) is 4.54. The molecular formula is C19H32N2. The molecule has 118 valence electrons. The van der Waals surface area contributed by atoms with E-state index in [2.05, 4.69) is 68.4 Å². The van der Waals surface area contributed by atoms with E-state index in [-0.39, 0.29) is 5.41 Å². The Morgan fingerprint density at radius 3 is 2.48 bits per heavy atom. The summed E-state index contributed by atoms with van der Waals surface area (Å²) in [7, 11) is 2.26. The normalized spacial score (nSPS) is 18.2. The van der Waals surface area contributed by atoms with Gasteiger partial charge in [-0.3, -0.25) is 0 Å². The molecule has 1 unspecified atom stereocenters. The highest BCUT2D eigenvalue weighted by atomic mass is 15.1. The molecule has 1 fully saturated rings. The van der Waals surface area contributed by atoms with Crippen molar-refractivity contribution >= 4 is 0 Å². The average Bonchev–Trinajstić information content (AvgIpc) is 3.28. The highest BCUT2D eigenvalue weighted by molar-refractivity contribution is 5.25. The van der Waals surface area contributed by atoms with Gasteiger partial charge in [0, 0.05) is 24.5 Å². The maximum absolute atomic E-state index is 3.74. The summed E-state index contributed by atoms with van der Waals surface area (Å²) >= 11 is 0. The van der Waals surface area contributed by atoms with Gasteiger partial charge in [0.25, 0.3) is 0 Å². The van der Waals surface area contributed by atoms with E-state index in [1.165, 1.54) is 31.4 Å². The van der Waals surface area contributed by atoms with Gasteiger partial charge in [-0.15, -0.1) is 0 Å². The molecule has 1 aromatic carbocycles. The summed E-state index contributed by atoms with van der Waals surface area (Å²) < 4.78 is 0. The summed E-state index contributed by atoms with van der Waals surface area (Å²) in [6.07, 6.45) is 3.99. The Balaban J connectivity index is 2.00. The number of rotatable bonds is 9. The number of likely N-dealkylation sites (N-methyl/N-ethyl adjacent to an activating group) is 1. The van der Waals surface area contributed by atoms with Crippen LogP contribution in [0, 0.1) is 5.92 Å². The second-order valence-corrected chi connectivity index (χ2v) is 7.50. The maximum Gasteiger partial charge on any atom is 0.0177 e. The summed E-state index contributed by atoms with van der Waals surface area (Å²) in [6.45, 7) is 10.4. The molecule has 0 spiro atoms. The van der Waals surface area contributed by atoms with E-state index < -0.39 is 0 Å². The first-order chi connectivity index (χ1) is 9.99. The lowest BCUT2D eigenvalue weighted by Gasteiger charge is -2.35. The van der Waals surface area contributed by atoms with Gasteiger partial charge in [0.1, 0.15) is 0 Å². The van der Waals surface area contributed by atoms with Crippen molar-refractivity contribution < 1.29 is 0 Å². The molecule has 2 rings (SSSR count). The lowest BCUT2D eigenvalue weighted by molar-refractivity contribution is 0.238. The molecule has 0 radical (unpaired) electrons. The lowest BCUT2D eigenvalue weighted by Crippen LogP contribution is -2.45. The van der Waals surface area contributed by atoms with Crippen LogP contribution in [0.5, 0.6) is 0 Å². The second kappa shape index (κ2) is 7.42. The quantitative estimate of drug-likeness (QED) is 0.746. The van der Waals surface area contributed by atoms with Crippen molar-refractivity contribution in [2.24, 2.45) is 5.92 Å². The molecule has 1 aliphatic carbocycles. The lowest BCUT2D eigenvalue weighted by atomic mass is 9.81. The van der Waals surface area contributed by atoms with Crippen molar-refractivity contribution in [3.63, 3.8) is 0 Å². The summed E-state index contributed by atoms with van der Waals surface area (Å²) in [6, 6.07) is 11.8. The number of nitrogens with one attached hydrogen (secondary N) is 1. The van der Waals surface area contributed by atoms with Crippen LogP contribution in [0.15, 0.2) is 30.3 Å². The van der Waals surface area contributed by atoms with Gasteiger partial charge in [0.05, 0.1) is 0 Å². The molecule has 1 aliphatic rings. The van der Waals surface area contributed by atoms with Crippen molar-refractivity contribution in [2.45, 2.75) is 51.5 Å². The minimum atomic E-state index is 0.190. The third kappa shape index (κ3) is 5.44. The van der Waals surface area contributed by atoms with Crippen LogP contribution in [-0.4, -0.2) is 37.6 Å². The molecule has 0 aromatic heterocycles. The first-order valence-electron chi connectivity index (χ1n) is 8.47. The van der Waals surface area contributed by atoms with Gasteiger partial charge in [-0.1, -0.05) is 51.1 Å². The predicted octanol–water partition coefficient (Wildman–Crippen LogP) is 3.67. The number of hydrogen-bond acceptors (Lipinski definition) is 2. The molecule has 2 nitrogen and oxygen atoms in total. The van der Waals surface area contributed by atoms with Crippen molar-refractivity contribution in [3.8, 4) is 0 Å². The van der Waals surface area contributed by atoms with Crippen molar-refractivity contribution in [2.75, 3.05) is 26.7 Å². The third-order valence-electron chi connectivity index (χ3n) is 4.54. The van der Waals surface area contributed by atoms with Crippen LogP contribution in [0.25, 0.3) is 0 Å². The highest BCUT2D eigenvalue weighted by Crippen LogP contribution is 2.27. The van der Waals surface area contributed by atoms with Gasteiger partial charge < -0.3 is 10.2 Å². The van der Waals surface area contributed by atoms with Crippen molar-refractivity contribution in [1.29, 1.82) is 0 Å². The smallest absolute Gasteiger partial charge is 0.0177 e. The fourth-order valence-corrected chi connectivity index (χ4v) is 2.90. The van der Waals surface area contributed by atoms with E-state index in [1.807, 2.05) is 0 Å². The van der Waals surface area contributed by atoms with Crippen LogP contribution >= 0.6 is 0 Å². The van der Waals surface area contributed by atoms with E-state index in [9.17, 15) is 0 Å². The molecule has 1 saturated carbocycles. The predicted molar refractivity (Wildman–Crippen MR) is 91.8 cm³/mol. The minimum absolute atomic E-state index is 0.190. The molecule has 0 amide bonds. The number of nitrogens with zero attached hydrogens (tertiary/aromatic N) is 1. The Hall–Kier alpha value is -0.860. The topological polar surface area (TPSA) is 15.3 Å². The van der Waals surface area contributed by atoms with Crippen LogP contribution in [0.4, 0.5) is 0 Å². The van der Waals surface area contributed by atoms with Gasteiger partial charge in [-0.05, 0) is 44.3 Å². The van der Waals surface area contributed by atoms with E-state index in [4.69, 9.17) is 0 Å². The molecule has 21 heavy (non-hydrogen) atoms. The van der Waals surface area contributed by atoms with Gasteiger partial charge in [-0.2, -0.15) is 0 Å². The standard InChI is InChI=1S/C19H32N2/c1-16(2)12-13-21(4)15-19(3,14-20-18-10-11-18)17-8-6-5-7-9-17/h5-9,16,18,20H,10-15H2,1-4H3. The largest absolute Gasteiger partial charge is 0.313 e. The van der Waals surface area contributed by atoms with E-state index in [0.29, 0.717) is 0 Å². The van der Waals surface area contributed by atoms with E-state index >= 15 is 0 Å². The SMILES string of the molecule is CC(C)CCN(C)CC(C)(CNC1CC1)c1ccccc1. The first-order valence-corrected chi connectivity index (χ1v) is 8.47. The molecular weight excluding hydrogens is 256 g/mol. The Morgan fingerprint density at radius 2 is 1.90 bits per heavy atom. The van der Waals surface area contributed by atoms with E-state index in [0.717, 1.165) is 25.0 Å². The fourth-order valence-electron chi connectivity index (χ4n) is 2.90. The van der Waals surface area contributed by atoms with Gasteiger partial charge in [0.15, 0.2) is 0 Å². The van der Waals surface area contributed by atoms with Crippen LogP contribution in [0.2, 0.25) is 0 Å². The summed E-state index contributed by atoms with van der Waals surface area (Å²) in [5.41, 5.74) is 1.64. The monoisotopic (exact) mass is 288 g/mol. The molecule has 1 aromatic rings. The molecule has 1 atom stereocenters. The molecule has 0 aliphatic heterocycles. The van der Waals surface area contributed by atoms with Gasteiger partial charge >= 0.3 is 0 Å². The zero-order valence-corrected chi connectivity index (χ0v) is 14.2. The summed E-state index contributed by atoms with van der Waals surface area (Å²) in [4.78, 5) is 2.50. The van der Waals surface area contributed by atoms with Gasteiger partial charge in [-0.25, -0.2) is 0 Å². The number of hydrogen-bond donors (Lipinski definition) is 1. The minimum Gasteiger partial charge on any atom is -0.313 e. The summed E-state index contributed by atoms with van der Waals surface area (Å²) in [5.74, 6) is 0.778. The zero-order valence-electron chi connectivity index (χ0n) is 14.2. The Bertz CT molecular complexity index is 411. The maximum atomic E-state index is 3.74. The Kier molecular flexibility index (Phi) is 5.83. The molecule has 0 heterocycles. The average molecular weight is 288 g/mol. The fraction of sp³-hybridized carbons (Fsp3) is 0.684. The van der Waals surface area contributed by atoms with Crippen LogP contribution in [0.3, 0.4) is 0 Å². The molecule has 2 heteroatoms. The second-order valence-electron chi connectivity index (χ2n) is 7.50. The zero-order chi connectivity index (χ0) is 15.3. The van der Waals surface area contributed by atoms with Gasteiger partial charge in [0.2, 0.25) is 0 Å². The molecule has 1 N–H and O–H groups in total. The first kappa shape index (κ1) is 16.5. The molecule has 0 saturated heterocycles. The van der Waals surface area contributed by atoms with Crippen LogP contribution < -0.4 is 5.32 Å². The molecule has 0 bridgehead atoms. The van der Waals surface area contributed by atoms with Crippen molar-refractivity contribution in [3.05, 3.63) is 35.9 Å². The summed E-state index contributed by atoms with van der Waals surface area (Å²) in [5, 5.41) is 3.74.